The van der Waals surface area contributed by atoms with Crippen molar-refractivity contribution in [2.45, 2.75) is 55.8 Å². The molecule has 6 heteroatoms. The lowest BCUT2D eigenvalue weighted by Gasteiger charge is -2.27. The molecule has 1 fully saturated rings. The van der Waals surface area contributed by atoms with E-state index in [9.17, 15) is 8.42 Å². The van der Waals surface area contributed by atoms with Crippen LogP contribution < -0.4 is 5.32 Å². The summed E-state index contributed by atoms with van der Waals surface area (Å²) >= 11 is 1.39. The second-order valence-electron chi connectivity index (χ2n) is 5.28. The van der Waals surface area contributed by atoms with Gasteiger partial charge in [0.2, 0.25) is 0 Å². The molecule has 2 rings (SSSR count). The van der Waals surface area contributed by atoms with Crippen LogP contribution in [0.25, 0.3) is 0 Å². The van der Waals surface area contributed by atoms with Crippen LogP contribution in [0, 0.1) is 0 Å². The third-order valence-electron chi connectivity index (χ3n) is 3.85. The van der Waals surface area contributed by atoms with Gasteiger partial charge in [-0.2, -0.15) is 4.31 Å². The molecule has 1 unspecified atom stereocenters. The number of nitrogens with zero attached hydrogens (tertiary/aromatic N) is 1. The molecule has 0 bridgehead atoms. The molecule has 0 radical (unpaired) electrons. The van der Waals surface area contributed by atoms with Crippen molar-refractivity contribution < 1.29 is 8.42 Å². The Morgan fingerprint density at radius 1 is 1.35 bits per heavy atom. The number of nitrogens with one attached hydrogen (secondary N) is 1. The molecule has 1 aliphatic heterocycles. The number of rotatable bonds is 5. The molecule has 0 amide bonds. The summed E-state index contributed by atoms with van der Waals surface area (Å²) in [6.45, 7) is 3.47. The molecule has 1 aliphatic rings. The van der Waals surface area contributed by atoms with Gasteiger partial charge in [0.05, 0.1) is 0 Å². The van der Waals surface area contributed by atoms with Crippen molar-refractivity contribution in [1.29, 1.82) is 0 Å². The van der Waals surface area contributed by atoms with Gasteiger partial charge in [-0.1, -0.05) is 19.8 Å². The monoisotopic (exact) mass is 316 g/mol. The summed E-state index contributed by atoms with van der Waals surface area (Å²) in [7, 11) is -1.45. The molecule has 1 saturated heterocycles. The molecule has 4 nitrogen and oxygen atoms in total. The van der Waals surface area contributed by atoms with Crippen molar-refractivity contribution in [1.82, 2.24) is 9.62 Å². The highest BCUT2D eigenvalue weighted by molar-refractivity contribution is 7.91. The second kappa shape index (κ2) is 7.02. The number of hydrogen-bond donors (Lipinski definition) is 1. The zero-order chi connectivity index (χ0) is 14.6. The largest absolute Gasteiger partial charge is 0.315 e. The Morgan fingerprint density at radius 2 is 2.15 bits per heavy atom. The van der Waals surface area contributed by atoms with Gasteiger partial charge in [-0.3, -0.25) is 0 Å². The first-order valence-electron chi connectivity index (χ1n) is 7.34. The van der Waals surface area contributed by atoms with Crippen LogP contribution in [0.1, 0.15) is 43.9 Å². The molecule has 0 aromatic carbocycles. The quantitative estimate of drug-likeness (QED) is 0.909. The first-order valence-corrected chi connectivity index (χ1v) is 9.60. The standard InChI is InChI=1S/C14H24N2O2S2/c1-3-12-7-5-4-6-10-16(12)20(17,18)14-9-8-13(19-14)11-15-2/h8-9,12,15H,3-7,10-11H2,1-2H3. The van der Waals surface area contributed by atoms with E-state index in [-0.39, 0.29) is 6.04 Å². The molecule has 2 heterocycles. The topological polar surface area (TPSA) is 49.4 Å². The summed E-state index contributed by atoms with van der Waals surface area (Å²) in [6.07, 6.45) is 5.14. The molecule has 1 aromatic heterocycles. The van der Waals surface area contributed by atoms with Crippen molar-refractivity contribution in [3.05, 3.63) is 17.0 Å². The van der Waals surface area contributed by atoms with E-state index >= 15 is 0 Å². The maximum Gasteiger partial charge on any atom is 0.252 e. The van der Waals surface area contributed by atoms with Gasteiger partial charge in [0.1, 0.15) is 4.21 Å². The predicted octanol–water partition coefficient (Wildman–Crippen LogP) is 2.81. The Bertz CT molecular complexity index is 525. The highest BCUT2D eigenvalue weighted by Gasteiger charge is 2.32. The fraction of sp³-hybridized carbons (Fsp3) is 0.714. The molecule has 0 aliphatic carbocycles. The summed E-state index contributed by atoms with van der Waals surface area (Å²) in [6, 6.07) is 3.83. The first kappa shape index (κ1) is 15.9. The van der Waals surface area contributed by atoms with E-state index in [0.717, 1.165) is 43.5 Å². The van der Waals surface area contributed by atoms with Gasteiger partial charge in [0, 0.05) is 24.0 Å². The smallest absolute Gasteiger partial charge is 0.252 e. The van der Waals surface area contributed by atoms with E-state index in [1.807, 2.05) is 13.1 Å². The molecule has 1 atom stereocenters. The van der Waals surface area contributed by atoms with Crippen LogP contribution in [0.3, 0.4) is 0 Å². The Hall–Kier alpha value is -0.430. The van der Waals surface area contributed by atoms with Crippen molar-refractivity contribution >= 4 is 21.4 Å². The van der Waals surface area contributed by atoms with Gasteiger partial charge in [0.15, 0.2) is 0 Å². The van der Waals surface area contributed by atoms with Crippen LogP contribution in [0.4, 0.5) is 0 Å². The van der Waals surface area contributed by atoms with Gasteiger partial charge in [-0.25, -0.2) is 8.42 Å². The van der Waals surface area contributed by atoms with E-state index in [1.54, 1.807) is 10.4 Å². The van der Waals surface area contributed by atoms with Crippen LogP contribution in [-0.4, -0.2) is 32.4 Å². The van der Waals surface area contributed by atoms with Gasteiger partial charge < -0.3 is 5.32 Å². The lowest BCUT2D eigenvalue weighted by Crippen LogP contribution is -2.39. The lowest BCUT2D eigenvalue weighted by atomic mass is 10.1. The van der Waals surface area contributed by atoms with Crippen molar-refractivity contribution in [2.75, 3.05) is 13.6 Å². The first-order chi connectivity index (χ1) is 9.59. The molecular formula is C14H24N2O2S2. The normalized spacial score (nSPS) is 21.8. The zero-order valence-corrected chi connectivity index (χ0v) is 13.9. The average Bonchev–Trinajstić information content (AvgIpc) is 2.76. The minimum absolute atomic E-state index is 0.164. The summed E-state index contributed by atoms with van der Waals surface area (Å²) in [5.74, 6) is 0. The Balaban J connectivity index is 2.26. The summed E-state index contributed by atoms with van der Waals surface area (Å²) < 4.78 is 27.9. The SMILES string of the molecule is CCC1CCCCCN1S(=O)(=O)c1ccc(CNC)s1. The maximum absolute atomic E-state index is 12.8. The van der Waals surface area contributed by atoms with Gasteiger partial charge >= 0.3 is 0 Å². The van der Waals surface area contributed by atoms with E-state index in [1.165, 1.54) is 11.3 Å². The molecule has 1 N–H and O–H groups in total. The Kier molecular flexibility index (Phi) is 5.60. The van der Waals surface area contributed by atoms with Crippen LogP contribution in [-0.2, 0) is 16.6 Å². The highest BCUT2D eigenvalue weighted by atomic mass is 32.2. The zero-order valence-electron chi connectivity index (χ0n) is 12.3. The van der Waals surface area contributed by atoms with Crippen molar-refractivity contribution in [3.63, 3.8) is 0 Å². The van der Waals surface area contributed by atoms with Gasteiger partial charge in [-0.05, 0) is 38.4 Å². The maximum atomic E-state index is 12.8. The lowest BCUT2D eigenvalue weighted by molar-refractivity contribution is 0.316. The fourth-order valence-corrected chi connectivity index (χ4v) is 6.02. The molecular weight excluding hydrogens is 292 g/mol. The Labute approximate surface area is 126 Å². The summed E-state index contributed by atoms with van der Waals surface area (Å²) in [5.41, 5.74) is 0. The van der Waals surface area contributed by atoms with Crippen molar-refractivity contribution in [3.8, 4) is 0 Å². The van der Waals surface area contributed by atoms with Crippen LogP contribution in [0.5, 0.6) is 0 Å². The van der Waals surface area contributed by atoms with Gasteiger partial charge in [-0.15, -0.1) is 11.3 Å². The van der Waals surface area contributed by atoms with E-state index in [4.69, 9.17) is 0 Å². The molecule has 0 spiro atoms. The number of hydrogen-bond acceptors (Lipinski definition) is 4. The van der Waals surface area contributed by atoms with Crippen molar-refractivity contribution in [2.24, 2.45) is 0 Å². The van der Waals surface area contributed by atoms with Gasteiger partial charge in [0.25, 0.3) is 10.0 Å². The third kappa shape index (κ3) is 3.42. The molecule has 0 saturated carbocycles. The highest BCUT2D eigenvalue weighted by Crippen LogP contribution is 2.30. The summed E-state index contributed by atoms with van der Waals surface area (Å²) in [4.78, 5) is 1.06. The Morgan fingerprint density at radius 3 is 2.85 bits per heavy atom. The third-order valence-corrected chi connectivity index (χ3v) is 7.35. The van der Waals surface area contributed by atoms with Crippen LogP contribution in [0.2, 0.25) is 0 Å². The second-order valence-corrected chi connectivity index (χ2v) is 8.56. The van der Waals surface area contributed by atoms with E-state index in [2.05, 4.69) is 12.2 Å². The van der Waals surface area contributed by atoms with Crippen LogP contribution in [0.15, 0.2) is 16.3 Å². The molecule has 114 valence electrons. The number of thiophene rings is 1. The van der Waals surface area contributed by atoms with E-state index in [0.29, 0.717) is 10.8 Å². The summed E-state index contributed by atoms with van der Waals surface area (Å²) in [5, 5.41) is 3.06. The molecule has 1 aromatic rings. The molecule has 20 heavy (non-hydrogen) atoms. The fourth-order valence-electron chi connectivity index (χ4n) is 2.76. The van der Waals surface area contributed by atoms with Crippen LogP contribution >= 0.6 is 11.3 Å². The predicted molar refractivity (Wildman–Crippen MR) is 83.5 cm³/mol. The van der Waals surface area contributed by atoms with E-state index < -0.39 is 10.0 Å². The number of sulfonamides is 1. The minimum atomic E-state index is -3.32. The minimum Gasteiger partial charge on any atom is -0.315 e. The average molecular weight is 316 g/mol.